The van der Waals surface area contributed by atoms with E-state index in [9.17, 15) is 13.2 Å². The average molecular weight is 454 g/mol. The van der Waals surface area contributed by atoms with Gasteiger partial charge in [0, 0.05) is 4.91 Å². The Labute approximate surface area is 189 Å². The number of hydrogen-bond acceptors (Lipinski definition) is 3. The highest BCUT2D eigenvalue weighted by molar-refractivity contribution is 8.04. The molecule has 163 valence electrons. The van der Waals surface area contributed by atoms with E-state index in [0.717, 1.165) is 0 Å². The Kier molecular flexibility index (Phi) is 6.61. The van der Waals surface area contributed by atoms with E-state index >= 15 is 0 Å². The topological polar surface area (TPSA) is 18.5 Å². The maximum Gasteiger partial charge on any atom is 0.446 e. The Balaban J connectivity index is 1.67. The molecule has 0 unspecified atom stereocenters. The number of alkyl halides is 3. The zero-order valence-electron chi connectivity index (χ0n) is 17.2. The van der Waals surface area contributed by atoms with Gasteiger partial charge in [-0.3, -0.25) is 0 Å². The molecular weight excluding hydrogens is 433 g/mol. The highest BCUT2D eigenvalue weighted by Crippen LogP contribution is 2.49. The summed E-state index contributed by atoms with van der Waals surface area (Å²) < 4.78 is 51.5. The number of methoxy groups -OCH3 is 1. The lowest BCUT2D eigenvalue weighted by molar-refractivity contribution is -0.0321. The van der Waals surface area contributed by atoms with Crippen LogP contribution in [-0.4, -0.2) is 12.6 Å². The van der Waals surface area contributed by atoms with Crippen LogP contribution < -0.4 is 9.47 Å². The van der Waals surface area contributed by atoms with Crippen LogP contribution in [0.4, 0.5) is 13.2 Å². The number of hydrogen-bond donors (Lipinski definition) is 0. The molecule has 2 nitrogen and oxygen atoms in total. The third-order valence-electron chi connectivity index (χ3n) is 4.90. The second-order valence-corrected chi connectivity index (χ2v) is 8.09. The van der Waals surface area contributed by atoms with Crippen molar-refractivity contribution in [2.45, 2.75) is 11.9 Å². The molecule has 0 N–H and O–H groups in total. The average Bonchev–Trinajstić information content (AvgIpc) is 2.80. The molecule has 0 spiro atoms. The summed E-state index contributed by atoms with van der Waals surface area (Å²) in [5.41, 5.74) is -1.86. The summed E-state index contributed by atoms with van der Waals surface area (Å²) in [6.07, 6.45) is 4.20. The van der Waals surface area contributed by atoms with Gasteiger partial charge in [0.1, 0.15) is 17.2 Å². The van der Waals surface area contributed by atoms with Crippen molar-refractivity contribution in [3.05, 3.63) is 107 Å². The lowest BCUT2D eigenvalue weighted by Crippen LogP contribution is -2.07. The highest BCUT2D eigenvalue weighted by atomic mass is 32.2. The first-order valence-electron chi connectivity index (χ1n) is 9.94. The zero-order valence-corrected chi connectivity index (χ0v) is 18.0. The monoisotopic (exact) mass is 453 g/mol. The molecule has 1 radical (unpaired) electrons. The van der Waals surface area contributed by atoms with Gasteiger partial charge in [-0.15, -0.1) is 0 Å². The predicted octanol–water partition coefficient (Wildman–Crippen LogP) is 8.14. The molecule has 0 aliphatic heterocycles. The van der Waals surface area contributed by atoms with Gasteiger partial charge in [0.2, 0.25) is 0 Å². The molecule has 1 aliphatic carbocycles. The van der Waals surface area contributed by atoms with E-state index in [1.54, 1.807) is 55.6 Å². The quantitative estimate of drug-likeness (QED) is 0.375. The van der Waals surface area contributed by atoms with Gasteiger partial charge in [-0.05, 0) is 83.3 Å². The van der Waals surface area contributed by atoms with Crippen LogP contribution in [0.1, 0.15) is 17.5 Å². The highest BCUT2D eigenvalue weighted by Gasteiger charge is 2.34. The second kappa shape index (κ2) is 9.57. The van der Waals surface area contributed by atoms with Crippen LogP contribution in [0, 0.1) is 6.42 Å². The van der Waals surface area contributed by atoms with Crippen molar-refractivity contribution >= 4 is 22.9 Å². The van der Waals surface area contributed by atoms with Crippen LogP contribution in [0.15, 0.2) is 89.8 Å². The molecule has 0 heterocycles. The van der Waals surface area contributed by atoms with E-state index in [1.807, 2.05) is 42.8 Å². The fraction of sp³-hybridized carbons (Fsp3) is 0.115. The standard InChI is InChI=1S/C26H20F3O2S/c1-30-20-14-10-18(11-15-20)23-8-5-9-24(25(23)32-26(27,28)29)19-12-16-22(17-13-19)31-21-6-3-2-4-7-21/h2-4,6-17H,5H2,1H3. The molecule has 3 aromatic carbocycles. The summed E-state index contributed by atoms with van der Waals surface area (Å²) >= 11 is -0.0821. The Hall–Kier alpha value is -3.12. The van der Waals surface area contributed by atoms with Crippen LogP contribution >= 0.6 is 11.8 Å². The smallest absolute Gasteiger partial charge is 0.446 e. The molecule has 0 saturated carbocycles. The Morgan fingerprint density at radius 1 is 0.750 bits per heavy atom. The van der Waals surface area contributed by atoms with Gasteiger partial charge in [0.05, 0.1) is 7.11 Å². The van der Waals surface area contributed by atoms with Crippen LogP contribution in [0.3, 0.4) is 0 Å². The van der Waals surface area contributed by atoms with Gasteiger partial charge < -0.3 is 9.47 Å². The molecule has 6 heteroatoms. The van der Waals surface area contributed by atoms with E-state index in [2.05, 4.69) is 0 Å². The van der Waals surface area contributed by atoms with Crippen LogP contribution in [0.25, 0.3) is 11.1 Å². The molecule has 3 aromatic rings. The summed E-state index contributed by atoms with van der Waals surface area (Å²) in [5, 5.41) is 0. The molecule has 0 bridgehead atoms. The summed E-state index contributed by atoms with van der Waals surface area (Å²) in [6.45, 7) is 0. The maximum absolute atomic E-state index is 13.5. The number of rotatable bonds is 6. The molecule has 32 heavy (non-hydrogen) atoms. The van der Waals surface area contributed by atoms with Gasteiger partial charge >= 0.3 is 5.51 Å². The Morgan fingerprint density at radius 2 is 1.34 bits per heavy atom. The first kappa shape index (κ1) is 22.1. The predicted molar refractivity (Wildman–Crippen MR) is 123 cm³/mol. The first-order chi connectivity index (χ1) is 15.4. The summed E-state index contributed by atoms with van der Waals surface area (Å²) in [6, 6.07) is 23.5. The van der Waals surface area contributed by atoms with Crippen molar-refractivity contribution in [2.75, 3.05) is 7.11 Å². The Morgan fingerprint density at radius 3 is 1.97 bits per heavy atom. The Bertz CT molecular complexity index is 1120. The number of ether oxygens (including phenoxy) is 2. The van der Waals surface area contributed by atoms with Crippen molar-refractivity contribution in [1.82, 2.24) is 0 Å². The fourth-order valence-corrected chi connectivity index (χ4v) is 4.30. The van der Waals surface area contributed by atoms with Gasteiger partial charge in [0.15, 0.2) is 0 Å². The number of benzene rings is 3. The van der Waals surface area contributed by atoms with E-state index < -0.39 is 5.51 Å². The van der Waals surface area contributed by atoms with Crippen molar-refractivity contribution in [1.29, 1.82) is 0 Å². The van der Waals surface area contributed by atoms with E-state index in [1.165, 1.54) is 0 Å². The molecule has 1 aliphatic rings. The summed E-state index contributed by atoms with van der Waals surface area (Å²) in [7, 11) is 1.55. The molecule has 0 aromatic heterocycles. The lowest BCUT2D eigenvalue weighted by Gasteiger charge is -2.23. The van der Waals surface area contributed by atoms with Crippen molar-refractivity contribution in [2.24, 2.45) is 0 Å². The van der Waals surface area contributed by atoms with E-state index in [0.29, 0.717) is 45.9 Å². The van der Waals surface area contributed by atoms with E-state index in [-0.39, 0.29) is 16.7 Å². The van der Waals surface area contributed by atoms with Crippen LogP contribution in [0.5, 0.6) is 17.2 Å². The minimum atomic E-state index is -4.41. The number of para-hydroxylation sites is 1. The summed E-state index contributed by atoms with van der Waals surface area (Å²) in [5.74, 6) is 1.97. The first-order valence-corrected chi connectivity index (χ1v) is 10.8. The second-order valence-electron chi connectivity index (χ2n) is 7.02. The molecule has 0 fully saturated rings. The number of thioether (sulfide) groups is 1. The number of halogens is 3. The molecule has 0 saturated heterocycles. The van der Waals surface area contributed by atoms with Crippen molar-refractivity contribution in [3.63, 3.8) is 0 Å². The molecular formula is C26H20F3O2S. The van der Waals surface area contributed by atoms with Crippen molar-refractivity contribution < 1.29 is 22.6 Å². The third kappa shape index (κ3) is 5.37. The van der Waals surface area contributed by atoms with E-state index in [4.69, 9.17) is 9.47 Å². The largest absolute Gasteiger partial charge is 0.497 e. The number of allylic oxidation sites excluding steroid dienone is 3. The van der Waals surface area contributed by atoms with Gasteiger partial charge in [0.25, 0.3) is 0 Å². The lowest BCUT2D eigenvalue weighted by atomic mass is 9.90. The molecule has 0 amide bonds. The molecule has 4 rings (SSSR count). The maximum atomic E-state index is 13.5. The zero-order chi connectivity index (χ0) is 22.6. The van der Waals surface area contributed by atoms with Gasteiger partial charge in [-0.25, -0.2) is 0 Å². The minimum absolute atomic E-state index is 0.0821. The summed E-state index contributed by atoms with van der Waals surface area (Å²) in [4.78, 5) is 0.186. The minimum Gasteiger partial charge on any atom is -0.497 e. The van der Waals surface area contributed by atoms with Crippen molar-refractivity contribution in [3.8, 4) is 17.2 Å². The fourth-order valence-electron chi connectivity index (χ4n) is 3.45. The van der Waals surface area contributed by atoms with Gasteiger partial charge in [-0.2, -0.15) is 13.2 Å². The van der Waals surface area contributed by atoms with Crippen LogP contribution in [-0.2, 0) is 0 Å². The van der Waals surface area contributed by atoms with Crippen LogP contribution in [0.2, 0.25) is 0 Å². The van der Waals surface area contributed by atoms with Gasteiger partial charge in [-0.1, -0.05) is 48.5 Å². The normalized spacial score (nSPS) is 14.2. The molecule has 0 atom stereocenters. The third-order valence-corrected chi connectivity index (χ3v) is 5.77. The SMILES string of the molecule is COc1ccc(C2=C(SC(F)(F)F)C(c3ccc(Oc4ccccc4)cc3)=CC[CH]2)cc1.